The molecule has 0 atom stereocenters. The van der Waals surface area contributed by atoms with Crippen LogP contribution in [-0.4, -0.2) is 55.0 Å². The van der Waals surface area contributed by atoms with Gasteiger partial charge in [0.25, 0.3) is 5.91 Å². The number of nitrogens with zero attached hydrogens (tertiary/aromatic N) is 2. The zero-order valence-corrected chi connectivity index (χ0v) is 15.2. The number of hydrogen-bond acceptors (Lipinski definition) is 3. The SMILES string of the molecule is Cc1ccccc1OCCN1CCN(C(=O)c2ccc(Cl)cc2)CC1. The number of para-hydroxylation sites is 1. The topological polar surface area (TPSA) is 32.8 Å². The van der Waals surface area contributed by atoms with Crippen LogP contribution in [0.15, 0.2) is 48.5 Å². The summed E-state index contributed by atoms with van der Waals surface area (Å²) in [5, 5.41) is 0.648. The molecule has 0 spiro atoms. The average molecular weight is 359 g/mol. The Morgan fingerprint density at radius 3 is 2.40 bits per heavy atom. The quantitative estimate of drug-likeness (QED) is 0.820. The number of carbonyl (C=O) groups excluding carboxylic acids is 1. The van der Waals surface area contributed by atoms with E-state index in [1.54, 1.807) is 24.3 Å². The van der Waals surface area contributed by atoms with Gasteiger partial charge in [0.15, 0.2) is 0 Å². The lowest BCUT2D eigenvalue weighted by Crippen LogP contribution is -2.49. The Kier molecular flexibility index (Phi) is 5.95. The molecule has 1 amide bonds. The van der Waals surface area contributed by atoms with Gasteiger partial charge in [-0.1, -0.05) is 29.8 Å². The first-order chi connectivity index (χ1) is 12.1. The molecule has 0 bridgehead atoms. The van der Waals surface area contributed by atoms with Gasteiger partial charge in [0.05, 0.1) is 0 Å². The van der Waals surface area contributed by atoms with Gasteiger partial charge in [-0.05, 0) is 42.8 Å². The standard InChI is InChI=1S/C20H23ClN2O2/c1-16-4-2-3-5-19(16)25-15-14-22-10-12-23(13-11-22)20(24)17-6-8-18(21)9-7-17/h2-9H,10-15H2,1H3. The van der Waals surface area contributed by atoms with Crippen LogP contribution in [0.4, 0.5) is 0 Å². The van der Waals surface area contributed by atoms with Crippen LogP contribution in [0.2, 0.25) is 5.02 Å². The van der Waals surface area contributed by atoms with Gasteiger partial charge in [-0.2, -0.15) is 0 Å². The van der Waals surface area contributed by atoms with E-state index in [1.165, 1.54) is 0 Å². The second kappa shape index (κ2) is 8.37. The maximum absolute atomic E-state index is 12.5. The molecule has 0 N–H and O–H groups in total. The second-order valence-electron chi connectivity index (χ2n) is 6.25. The van der Waals surface area contributed by atoms with E-state index in [-0.39, 0.29) is 5.91 Å². The number of piperazine rings is 1. The third-order valence-electron chi connectivity index (χ3n) is 4.51. The molecule has 0 radical (unpaired) electrons. The molecule has 2 aromatic rings. The number of hydrogen-bond donors (Lipinski definition) is 0. The van der Waals surface area contributed by atoms with Crippen LogP contribution in [0.3, 0.4) is 0 Å². The zero-order chi connectivity index (χ0) is 17.6. The van der Waals surface area contributed by atoms with Gasteiger partial charge in [-0.15, -0.1) is 0 Å². The van der Waals surface area contributed by atoms with Gasteiger partial charge >= 0.3 is 0 Å². The Balaban J connectivity index is 1.43. The summed E-state index contributed by atoms with van der Waals surface area (Å²) in [4.78, 5) is 16.7. The summed E-state index contributed by atoms with van der Waals surface area (Å²) in [5.74, 6) is 1.02. The smallest absolute Gasteiger partial charge is 0.253 e. The normalized spacial score (nSPS) is 15.2. The van der Waals surface area contributed by atoms with Gasteiger partial charge in [0, 0.05) is 43.3 Å². The number of benzene rings is 2. The maximum atomic E-state index is 12.5. The van der Waals surface area contributed by atoms with Crippen LogP contribution < -0.4 is 4.74 Å². The summed E-state index contributed by atoms with van der Waals surface area (Å²) in [6.07, 6.45) is 0. The monoisotopic (exact) mass is 358 g/mol. The first kappa shape index (κ1) is 17.8. The fourth-order valence-corrected chi connectivity index (χ4v) is 3.08. The van der Waals surface area contributed by atoms with Crippen molar-refractivity contribution in [2.75, 3.05) is 39.3 Å². The van der Waals surface area contributed by atoms with Crippen molar-refractivity contribution in [2.45, 2.75) is 6.92 Å². The van der Waals surface area contributed by atoms with E-state index in [0.717, 1.165) is 44.0 Å². The van der Waals surface area contributed by atoms with E-state index >= 15 is 0 Å². The lowest BCUT2D eigenvalue weighted by molar-refractivity contribution is 0.0620. The fourth-order valence-electron chi connectivity index (χ4n) is 2.95. The minimum atomic E-state index is 0.0764. The number of ether oxygens (including phenoxy) is 1. The van der Waals surface area contributed by atoms with Crippen molar-refractivity contribution in [3.8, 4) is 5.75 Å². The molecule has 132 valence electrons. The molecule has 3 rings (SSSR count). The van der Waals surface area contributed by atoms with Crippen LogP contribution in [0.25, 0.3) is 0 Å². The van der Waals surface area contributed by atoms with Gasteiger partial charge in [-0.3, -0.25) is 9.69 Å². The Bertz CT molecular complexity index is 710. The van der Waals surface area contributed by atoms with Crippen LogP contribution in [0.1, 0.15) is 15.9 Å². The van der Waals surface area contributed by atoms with E-state index < -0.39 is 0 Å². The second-order valence-corrected chi connectivity index (χ2v) is 6.69. The first-order valence-corrected chi connectivity index (χ1v) is 8.97. The summed E-state index contributed by atoms with van der Waals surface area (Å²) < 4.78 is 5.86. The Labute approximate surface area is 154 Å². The van der Waals surface area contributed by atoms with Crippen molar-refractivity contribution < 1.29 is 9.53 Å². The minimum Gasteiger partial charge on any atom is -0.492 e. The van der Waals surface area contributed by atoms with Crippen LogP contribution >= 0.6 is 11.6 Å². The highest BCUT2D eigenvalue weighted by atomic mass is 35.5. The molecule has 1 heterocycles. The van der Waals surface area contributed by atoms with E-state index in [9.17, 15) is 4.79 Å². The highest BCUT2D eigenvalue weighted by Gasteiger charge is 2.21. The predicted molar refractivity (Wildman–Crippen MR) is 100 cm³/mol. The van der Waals surface area contributed by atoms with E-state index in [2.05, 4.69) is 17.9 Å². The zero-order valence-electron chi connectivity index (χ0n) is 14.5. The number of halogens is 1. The molecule has 5 heteroatoms. The van der Waals surface area contributed by atoms with Crippen LogP contribution in [0.5, 0.6) is 5.75 Å². The lowest BCUT2D eigenvalue weighted by atomic mass is 10.2. The molecule has 1 aliphatic rings. The van der Waals surface area contributed by atoms with Gasteiger partial charge in [0.2, 0.25) is 0 Å². The molecule has 1 fully saturated rings. The van der Waals surface area contributed by atoms with Gasteiger partial charge < -0.3 is 9.64 Å². The number of rotatable bonds is 5. The number of aryl methyl sites for hydroxylation is 1. The summed E-state index contributed by atoms with van der Waals surface area (Å²) in [6, 6.07) is 15.1. The maximum Gasteiger partial charge on any atom is 0.253 e. The summed E-state index contributed by atoms with van der Waals surface area (Å²) in [5.41, 5.74) is 1.85. The highest BCUT2D eigenvalue weighted by Crippen LogP contribution is 2.16. The predicted octanol–water partition coefficient (Wildman–Crippen LogP) is 3.49. The first-order valence-electron chi connectivity index (χ1n) is 8.59. The minimum absolute atomic E-state index is 0.0764. The van der Waals surface area contributed by atoms with Crippen LogP contribution in [0, 0.1) is 6.92 Å². The molecule has 4 nitrogen and oxygen atoms in total. The van der Waals surface area contributed by atoms with Crippen molar-refractivity contribution in [3.05, 3.63) is 64.7 Å². The fraction of sp³-hybridized carbons (Fsp3) is 0.350. The molecule has 25 heavy (non-hydrogen) atoms. The van der Waals surface area contributed by atoms with E-state index in [0.29, 0.717) is 17.2 Å². The molecule has 0 saturated carbocycles. The van der Waals surface area contributed by atoms with Gasteiger partial charge in [-0.25, -0.2) is 0 Å². The van der Waals surface area contributed by atoms with Crippen molar-refractivity contribution in [3.63, 3.8) is 0 Å². The van der Waals surface area contributed by atoms with Crippen molar-refractivity contribution in [2.24, 2.45) is 0 Å². The van der Waals surface area contributed by atoms with E-state index in [1.807, 2.05) is 23.1 Å². The summed E-state index contributed by atoms with van der Waals surface area (Å²) >= 11 is 5.88. The number of amides is 1. The number of carbonyl (C=O) groups is 1. The van der Waals surface area contributed by atoms with Gasteiger partial charge in [0.1, 0.15) is 12.4 Å². The summed E-state index contributed by atoms with van der Waals surface area (Å²) in [7, 11) is 0. The Hall–Kier alpha value is -2.04. The molecule has 0 aromatic heterocycles. The average Bonchev–Trinajstić information content (AvgIpc) is 2.64. The molecule has 0 aliphatic carbocycles. The van der Waals surface area contributed by atoms with Crippen molar-refractivity contribution in [1.82, 2.24) is 9.80 Å². The summed E-state index contributed by atoms with van der Waals surface area (Å²) in [6.45, 7) is 6.81. The molecule has 1 aliphatic heterocycles. The molecule has 1 saturated heterocycles. The Morgan fingerprint density at radius 1 is 1.04 bits per heavy atom. The van der Waals surface area contributed by atoms with Crippen LogP contribution in [-0.2, 0) is 0 Å². The van der Waals surface area contributed by atoms with Crippen molar-refractivity contribution in [1.29, 1.82) is 0 Å². The largest absolute Gasteiger partial charge is 0.492 e. The third-order valence-corrected chi connectivity index (χ3v) is 4.76. The Morgan fingerprint density at radius 2 is 1.72 bits per heavy atom. The third kappa shape index (κ3) is 4.74. The lowest BCUT2D eigenvalue weighted by Gasteiger charge is -2.34. The molecule has 0 unspecified atom stereocenters. The molecule has 2 aromatic carbocycles. The highest BCUT2D eigenvalue weighted by molar-refractivity contribution is 6.30. The molecular weight excluding hydrogens is 336 g/mol. The van der Waals surface area contributed by atoms with E-state index in [4.69, 9.17) is 16.3 Å². The van der Waals surface area contributed by atoms with Crippen molar-refractivity contribution >= 4 is 17.5 Å². The molecular formula is C20H23ClN2O2.